The normalized spacial score (nSPS) is 32.8. The van der Waals surface area contributed by atoms with Gasteiger partial charge in [-0.1, -0.05) is 6.42 Å². The summed E-state index contributed by atoms with van der Waals surface area (Å²) in [4.78, 5) is 16.9. The molecule has 2 saturated heterocycles. The Morgan fingerprint density at radius 3 is 2.84 bits per heavy atom. The van der Waals surface area contributed by atoms with Crippen LogP contribution in [-0.2, 0) is 9.53 Å². The number of carbonyl (C=O) groups excluding carboxylic acids is 1. The average molecular weight is 268 g/mol. The lowest BCUT2D eigenvalue weighted by Gasteiger charge is -2.51. The van der Waals surface area contributed by atoms with Crippen molar-refractivity contribution in [3.63, 3.8) is 0 Å². The number of hydrogen-bond donors (Lipinski definition) is 0. The molecule has 110 valence electrons. The maximum absolute atomic E-state index is 12.4. The van der Waals surface area contributed by atoms with Crippen LogP contribution in [0.5, 0.6) is 0 Å². The lowest BCUT2D eigenvalue weighted by molar-refractivity contribution is -0.145. The summed E-state index contributed by atoms with van der Waals surface area (Å²) in [5.41, 5.74) is 0.149. The largest absolute Gasteiger partial charge is 0.372 e. The van der Waals surface area contributed by atoms with Crippen molar-refractivity contribution in [2.24, 2.45) is 0 Å². The fourth-order valence-electron chi connectivity index (χ4n) is 3.69. The molecule has 0 aromatic carbocycles. The molecule has 0 spiro atoms. The number of ether oxygens (including phenoxy) is 1. The predicted octanol–water partition coefficient (Wildman–Crippen LogP) is 1.89. The summed E-state index contributed by atoms with van der Waals surface area (Å²) in [5, 5.41) is 0. The van der Waals surface area contributed by atoms with E-state index in [9.17, 15) is 4.79 Å². The fraction of sp³-hybridized carbons (Fsp3) is 0.933. The van der Waals surface area contributed by atoms with Gasteiger partial charge in [0.25, 0.3) is 0 Å². The number of amides is 1. The molecule has 0 aromatic heterocycles. The first-order chi connectivity index (χ1) is 9.09. The van der Waals surface area contributed by atoms with E-state index in [0.29, 0.717) is 12.6 Å². The SMILES string of the molecule is CCOCC(=O)N1CCC[C@@]2(C)[C@@H]1CCCCN2C. The van der Waals surface area contributed by atoms with Crippen LogP contribution < -0.4 is 0 Å². The molecule has 0 radical (unpaired) electrons. The van der Waals surface area contributed by atoms with Gasteiger partial charge in [-0.2, -0.15) is 0 Å². The molecule has 2 atom stereocenters. The van der Waals surface area contributed by atoms with Gasteiger partial charge in [-0.3, -0.25) is 9.69 Å². The number of likely N-dealkylation sites (tertiary alicyclic amines) is 2. The molecule has 1 amide bonds. The summed E-state index contributed by atoms with van der Waals surface area (Å²) in [7, 11) is 2.22. The van der Waals surface area contributed by atoms with E-state index < -0.39 is 0 Å². The first-order valence-electron chi connectivity index (χ1n) is 7.68. The van der Waals surface area contributed by atoms with Crippen molar-refractivity contribution in [1.29, 1.82) is 0 Å². The van der Waals surface area contributed by atoms with Crippen LogP contribution in [-0.4, -0.2) is 60.6 Å². The molecule has 19 heavy (non-hydrogen) atoms. The number of piperidine rings is 1. The molecular weight excluding hydrogens is 240 g/mol. The molecule has 2 fully saturated rings. The Kier molecular flexibility index (Phi) is 4.85. The van der Waals surface area contributed by atoms with Crippen molar-refractivity contribution in [3.05, 3.63) is 0 Å². The van der Waals surface area contributed by atoms with Gasteiger partial charge in [0.1, 0.15) is 6.61 Å². The van der Waals surface area contributed by atoms with Crippen LogP contribution in [0.3, 0.4) is 0 Å². The van der Waals surface area contributed by atoms with Crippen LogP contribution in [0.1, 0.15) is 46.0 Å². The third-order valence-corrected chi connectivity index (χ3v) is 5.02. The lowest BCUT2D eigenvalue weighted by atomic mass is 9.80. The van der Waals surface area contributed by atoms with Crippen molar-refractivity contribution in [2.45, 2.75) is 57.5 Å². The maximum atomic E-state index is 12.4. The first-order valence-corrected chi connectivity index (χ1v) is 7.68. The van der Waals surface area contributed by atoms with Crippen molar-refractivity contribution in [3.8, 4) is 0 Å². The molecular formula is C15H28N2O2. The second kappa shape index (κ2) is 6.23. The number of fused-ring (bicyclic) bond motifs is 1. The third kappa shape index (κ3) is 2.95. The summed E-state index contributed by atoms with van der Waals surface area (Å²) in [6.45, 7) is 7.19. The van der Waals surface area contributed by atoms with Crippen molar-refractivity contribution < 1.29 is 9.53 Å². The minimum absolute atomic E-state index is 0.149. The Morgan fingerprint density at radius 2 is 2.11 bits per heavy atom. The Morgan fingerprint density at radius 1 is 1.32 bits per heavy atom. The molecule has 4 heteroatoms. The number of carbonyl (C=O) groups is 1. The maximum Gasteiger partial charge on any atom is 0.248 e. The zero-order chi connectivity index (χ0) is 13.9. The summed E-state index contributed by atoms with van der Waals surface area (Å²) in [6.07, 6.45) is 5.92. The first kappa shape index (κ1) is 14.8. The van der Waals surface area contributed by atoms with E-state index in [4.69, 9.17) is 4.74 Å². The topological polar surface area (TPSA) is 32.8 Å². The molecule has 0 unspecified atom stereocenters. The highest BCUT2D eigenvalue weighted by atomic mass is 16.5. The van der Waals surface area contributed by atoms with Crippen LogP contribution in [0.4, 0.5) is 0 Å². The van der Waals surface area contributed by atoms with Crippen molar-refractivity contribution in [2.75, 3.05) is 33.4 Å². The third-order valence-electron chi connectivity index (χ3n) is 5.02. The standard InChI is InChI=1S/C15H28N2O2/c1-4-19-12-14(18)17-11-7-9-15(2)13(17)8-5-6-10-16(15)3/h13H,4-12H2,1-3H3/t13-,15-/m0/s1. The molecule has 2 rings (SSSR count). The summed E-state index contributed by atoms with van der Waals surface area (Å²) in [5.74, 6) is 0.174. The quantitative estimate of drug-likeness (QED) is 0.783. The van der Waals surface area contributed by atoms with Gasteiger partial charge in [0.2, 0.25) is 5.91 Å². The Labute approximate surface area is 117 Å². The predicted molar refractivity (Wildman–Crippen MR) is 76.1 cm³/mol. The minimum Gasteiger partial charge on any atom is -0.372 e. The second-order valence-corrected chi connectivity index (χ2v) is 6.12. The molecule has 2 aliphatic rings. The smallest absolute Gasteiger partial charge is 0.248 e. The van der Waals surface area contributed by atoms with Crippen LogP contribution in [0.15, 0.2) is 0 Å². The zero-order valence-corrected chi connectivity index (χ0v) is 12.7. The van der Waals surface area contributed by atoms with E-state index in [2.05, 4.69) is 23.8 Å². The number of rotatable bonds is 3. The number of nitrogens with zero attached hydrogens (tertiary/aromatic N) is 2. The average Bonchev–Trinajstić information content (AvgIpc) is 2.55. The second-order valence-electron chi connectivity index (χ2n) is 6.12. The van der Waals surface area contributed by atoms with Gasteiger partial charge < -0.3 is 9.64 Å². The fourth-order valence-corrected chi connectivity index (χ4v) is 3.69. The molecule has 0 bridgehead atoms. The van der Waals surface area contributed by atoms with Crippen LogP contribution in [0.2, 0.25) is 0 Å². The van der Waals surface area contributed by atoms with Gasteiger partial charge in [0, 0.05) is 24.7 Å². The molecule has 0 aliphatic carbocycles. The van der Waals surface area contributed by atoms with Gasteiger partial charge in [0.05, 0.1) is 0 Å². The van der Waals surface area contributed by atoms with Gasteiger partial charge in [-0.25, -0.2) is 0 Å². The van der Waals surface area contributed by atoms with Gasteiger partial charge in [-0.15, -0.1) is 0 Å². The Bertz CT molecular complexity index is 321. The lowest BCUT2D eigenvalue weighted by Crippen LogP contribution is -2.63. The number of likely N-dealkylation sites (N-methyl/N-ethyl adjacent to an activating group) is 1. The Balaban J connectivity index is 2.14. The molecule has 0 N–H and O–H groups in total. The summed E-state index contributed by atoms with van der Waals surface area (Å²) >= 11 is 0. The van der Waals surface area contributed by atoms with E-state index in [1.807, 2.05) is 6.92 Å². The van der Waals surface area contributed by atoms with Crippen LogP contribution in [0.25, 0.3) is 0 Å². The van der Waals surface area contributed by atoms with Gasteiger partial charge in [-0.05, 0) is 53.1 Å². The highest BCUT2D eigenvalue weighted by Gasteiger charge is 2.45. The molecule has 4 nitrogen and oxygen atoms in total. The molecule has 0 aromatic rings. The van der Waals surface area contributed by atoms with Gasteiger partial charge in [0.15, 0.2) is 0 Å². The van der Waals surface area contributed by atoms with E-state index in [1.165, 1.54) is 19.3 Å². The van der Waals surface area contributed by atoms with E-state index in [0.717, 1.165) is 25.9 Å². The summed E-state index contributed by atoms with van der Waals surface area (Å²) < 4.78 is 5.31. The van der Waals surface area contributed by atoms with Crippen LogP contribution >= 0.6 is 0 Å². The van der Waals surface area contributed by atoms with E-state index >= 15 is 0 Å². The van der Waals surface area contributed by atoms with E-state index in [1.54, 1.807) is 0 Å². The molecule has 2 aliphatic heterocycles. The number of hydrogen-bond acceptors (Lipinski definition) is 3. The van der Waals surface area contributed by atoms with Gasteiger partial charge >= 0.3 is 0 Å². The van der Waals surface area contributed by atoms with Crippen LogP contribution in [0, 0.1) is 0 Å². The molecule has 0 saturated carbocycles. The van der Waals surface area contributed by atoms with Crippen molar-refractivity contribution in [1.82, 2.24) is 9.80 Å². The monoisotopic (exact) mass is 268 g/mol. The van der Waals surface area contributed by atoms with E-state index in [-0.39, 0.29) is 18.1 Å². The minimum atomic E-state index is 0.149. The highest BCUT2D eigenvalue weighted by molar-refractivity contribution is 5.78. The molecule has 2 heterocycles. The Hall–Kier alpha value is -0.610. The zero-order valence-electron chi connectivity index (χ0n) is 12.7. The van der Waals surface area contributed by atoms with Crippen molar-refractivity contribution >= 4 is 5.91 Å². The summed E-state index contributed by atoms with van der Waals surface area (Å²) in [6, 6.07) is 0.363. The highest BCUT2D eigenvalue weighted by Crippen LogP contribution is 2.37.